The smallest absolute Gasteiger partial charge is 0.223 e. The lowest BCUT2D eigenvalue weighted by atomic mass is 9.97. The van der Waals surface area contributed by atoms with Gasteiger partial charge < -0.3 is 20.3 Å². The van der Waals surface area contributed by atoms with E-state index in [2.05, 4.69) is 22.6 Å². The highest BCUT2D eigenvalue weighted by Crippen LogP contribution is 2.11. The third kappa shape index (κ3) is 8.42. The Morgan fingerprint density at radius 1 is 1.37 bits per heavy atom. The molecule has 1 heterocycles. The number of methoxy groups -OCH3 is 1. The highest BCUT2D eigenvalue weighted by atomic mass is 35.5. The van der Waals surface area contributed by atoms with Crippen molar-refractivity contribution in [2.45, 2.75) is 19.3 Å². The summed E-state index contributed by atoms with van der Waals surface area (Å²) in [5.41, 5.74) is 0. The van der Waals surface area contributed by atoms with Gasteiger partial charge in [-0.25, -0.2) is 0 Å². The van der Waals surface area contributed by atoms with Crippen LogP contribution in [0.3, 0.4) is 0 Å². The summed E-state index contributed by atoms with van der Waals surface area (Å²) in [5.74, 6) is 0.452. The molecule has 0 aromatic carbocycles. The van der Waals surface area contributed by atoms with Crippen LogP contribution in [0.5, 0.6) is 0 Å². The van der Waals surface area contributed by atoms with Gasteiger partial charge in [-0.2, -0.15) is 0 Å². The summed E-state index contributed by atoms with van der Waals surface area (Å²) in [6.45, 7) is 5.42. The van der Waals surface area contributed by atoms with Gasteiger partial charge >= 0.3 is 0 Å². The molecular weight excluding hydrogens is 266 g/mol. The van der Waals surface area contributed by atoms with E-state index in [1.165, 1.54) is 0 Å². The molecule has 0 unspecified atom stereocenters. The molecule has 114 valence electrons. The zero-order valence-electron chi connectivity index (χ0n) is 12.1. The fourth-order valence-corrected chi connectivity index (χ4v) is 2.15. The molecule has 0 spiro atoms. The lowest BCUT2D eigenvalue weighted by Crippen LogP contribution is -2.39. The summed E-state index contributed by atoms with van der Waals surface area (Å²) in [4.78, 5) is 14.1. The van der Waals surface area contributed by atoms with Gasteiger partial charge in [0.1, 0.15) is 0 Å². The molecule has 0 bridgehead atoms. The zero-order chi connectivity index (χ0) is 13.2. The SMILES string of the molecule is COCCN(C)CCCNC(=O)C1CCNCC1.Cl. The number of rotatable bonds is 8. The molecule has 5 nitrogen and oxygen atoms in total. The number of amides is 1. The first-order valence-corrected chi connectivity index (χ1v) is 6.90. The predicted molar refractivity (Wildman–Crippen MR) is 79.8 cm³/mol. The molecular formula is C13H28ClN3O2. The van der Waals surface area contributed by atoms with Crippen molar-refractivity contribution in [1.82, 2.24) is 15.5 Å². The number of nitrogens with zero attached hydrogens (tertiary/aromatic N) is 1. The van der Waals surface area contributed by atoms with Gasteiger partial charge in [-0.05, 0) is 45.9 Å². The molecule has 1 aliphatic rings. The maximum absolute atomic E-state index is 11.8. The number of ether oxygens (including phenoxy) is 1. The molecule has 2 N–H and O–H groups in total. The first-order chi connectivity index (χ1) is 8.74. The van der Waals surface area contributed by atoms with Crippen LogP contribution in [-0.2, 0) is 9.53 Å². The third-order valence-electron chi connectivity index (χ3n) is 3.40. The number of nitrogens with one attached hydrogen (secondary N) is 2. The number of hydrogen-bond acceptors (Lipinski definition) is 4. The Labute approximate surface area is 122 Å². The highest BCUT2D eigenvalue weighted by Gasteiger charge is 2.19. The van der Waals surface area contributed by atoms with Gasteiger partial charge in [0.2, 0.25) is 5.91 Å². The average molecular weight is 294 g/mol. The second-order valence-electron chi connectivity index (χ2n) is 4.96. The van der Waals surface area contributed by atoms with Crippen LogP contribution in [0.25, 0.3) is 0 Å². The summed E-state index contributed by atoms with van der Waals surface area (Å²) in [5, 5.41) is 6.31. The molecule has 0 aromatic heterocycles. The van der Waals surface area contributed by atoms with Gasteiger partial charge in [-0.15, -0.1) is 12.4 Å². The van der Waals surface area contributed by atoms with E-state index in [1.807, 2.05) is 0 Å². The van der Waals surface area contributed by atoms with E-state index in [4.69, 9.17) is 4.74 Å². The van der Waals surface area contributed by atoms with Crippen molar-refractivity contribution >= 4 is 18.3 Å². The summed E-state index contributed by atoms with van der Waals surface area (Å²) in [7, 11) is 3.79. The van der Waals surface area contributed by atoms with Crippen LogP contribution in [0.2, 0.25) is 0 Å². The summed E-state index contributed by atoms with van der Waals surface area (Å²) >= 11 is 0. The molecule has 1 saturated heterocycles. The molecule has 0 aromatic rings. The molecule has 1 amide bonds. The second-order valence-corrected chi connectivity index (χ2v) is 4.96. The van der Waals surface area contributed by atoms with Gasteiger partial charge in [0, 0.05) is 26.1 Å². The van der Waals surface area contributed by atoms with Crippen LogP contribution in [0.4, 0.5) is 0 Å². The second kappa shape index (κ2) is 11.5. The van der Waals surface area contributed by atoms with Crippen molar-refractivity contribution in [2.24, 2.45) is 5.92 Å². The topological polar surface area (TPSA) is 53.6 Å². The number of piperidine rings is 1. The minimum absolute atomic E-state index is 0. The van der Waals surface area contributed by atoms with E-state index in [0.717, 1.165) is 58.6 Å². The first-order valence-electron chi connectivity index (χ1n) is 6.90. The first kappa shape index (κ1) is 18.6. The maximum atomic E-state index is 11.8. The number of carbonyl (C=O) groups excluding carboxylic acids is 1. The van der Waals surface area contributed by atoms with Crippen LogP contribution >= 0.6 is 12.4 Å². The normalized spacial score (nSPS) is 16.2. The Hall–Kier alpha value is -0.360. The maximum Gasteiger partial charge on any atom is 0.223 e. The van der Waals surface area contributed by atoms with E-state index in [1.54, 1.807) is 7.11 Å². The van der Waals surface area contributed by atoms with Crippen molar-refractivity contribution < 1.29 is 9.53 Å². The molecule has 1 fully saturated rings. The lowest BCUT2D eigenvalue weighted by molar-refractivity contribution is -0.125. The van der Waals surface area contributed by atoms with Crippen LogP contribution in [0.15, 0.2) is 0 Å². The Morgan fingerprint density at radius 3 is 2.68 bits per heavy atom. The van der Waals surface area contributed by atoms with Gasteiger partial charge in [0.05, 0.1) is 6.61 Å². The number of likely N-dealkylation sites (N-methyl/N-ethyl adjacent to an activating group) is 1. The van der Waals surface area contributed by atoms with Gasteiger partial charge in [0.15, 0.2) is 0 Å². The number of halogens is 1. The Kier molecular flexibility index (Phi) is 11.2. The van der Waals surface area contributed by atoms with E-state index >= 15 is 0 Å². The van der Waals surface area contributed by atoms with Crippen molar-refractivity contribution in [3.63, 3.8) is 0 Å². The van der Waals surface area contributed by atoms with Crippen molar-refractivity contribution in [3.8, 4) is 0 Å². The largest absolute Gasteiger partial charge is 0.383 e. The standard InChI is InChI=1S/C13H27N3O2.ClH/c1-16(10-11-18-2)9-3-6-15-13(17)12-4-7-14-8-5-12;/h12,14H,3-11H2,1-2H3,(H,15,17);1H. The van der Waals surface area contributed by atoms with Crippen LogP contribution in [0, 0.1) is 5.92 Å². The Morgan fingerprint density at radius 2 is 2.05 bits per heavy atom. The summed E-state index contributed by atoms with van der Waals surface area (Å²) < 4.78 is 5.02. The molecule has 1 rings (SSSR count). The third-order valence-corrected chi connectivity index (χ3v) is 3.40. The lowest BCUT2D eigenvalue weighted by Gasteiger charge is -2.22. The Bertz CT molecular complexity index is 236. The van der Waals surface area contributed by atoms with Gasteiger partial charge in [-0.1, -0.05) is 0 Å². The summed E-state index contributed by atoms with van der Waals surface area (Å²) in [6.07, 6.45) is 2.94. The van der Waals surface area contributed by atoms with Crippen LogP contribution in [0.1, 0.15) is 19.3 Å². The molecule has 1 aliphatic heterocycles. The van der Waals surface area contributed by atoms with E-state index in [-0.39, 0.29) is 24.2 Å². The summed E-state index contributed by atoms with van der Waals surface area (Å²) in [6, 6.07) is 0. The molecule has 0 atom stereocenters. The van der Waals surface area contributed by atoms with Gasteiger partial charge in [0.25, 0.3) is 0 Å². The molecule has 6 heteroatoms. The number of carbonyl (C=O) groups is 1. The molecule has 0 aliphatic carbocycles. The molecule has 0 saturated carbocycles. The molecule has 0 radical (unpaired) electrons. The monoisotopic (exact) mass is 293 g/mol. The van der Waals surface area contributed by atoms with Crippen molar-refractivity contribution in [2.75, 3.05) is 53.5 Å². The van der Waals surface area contributed by atoms with Crippen LogP contribution in [-0.4, -0.2) is 64.3 Å². The van der Waals surface area contributed by atoms with Gasteiger partial charge in [-0.3, -0.25) is 4.79 Å². The minimum atomic E-state index is 0. The predicted octanol–water partition coefficient (Wildman–Crippen LogP) is 0.492. The van der Waals surface area contributed by atoms with Crippen molar-refractivity contribution in [1.29, 1.82) is 0 Å². The molecule has 19 heavy (non-hydrogen) atoms. The van der Waals surface area contributed by atoms with E-state index in [0.29, 0.717) is 0 Å². The van der Waals surface area contributed by atoms with Crippen molar-refractivity contribution in [3.05, 3.63) is 0 Å². The zero-order valence-corrected chi connectivity index (χ0v) is 12.9. The quantitative estimate of drug-likeness (QED) is 0.640. The average Bonchev–Trinajstić information content (AvgIpc) is 2.42. The van der Waals surface area contributed by atoms with E-state index < -0.39 is 0 Å². The highest BCUT2D eigenvalue weighted by molar-refractivity contribution is 5.85. The van der Waals surface area contributed by atoms with E-state index in [9.17, 15) is 4.79 Å². The fourth-order valence-electron chi connectivity index (χ4n) is 2.15. The minimum Gasteiger partial charge on any atom is -0.383 e. The fraction of sp³-hybridized carbons (Fsp3) is 0.923. The number of hydrogen-bond donors (Lipinski definition) is 2. The van der Waals surface area contributed by atoms with Crippen LogP contribution < -0.4 is 10.6 Å². The Balaban J connectivity index is 0.00000324.